The number of hydrogen-bond donors (Lipinski definition) is 3. The van der Waals surface area contributed by atoms with Crippen LogP contribution in [0, 0.1) is 10.1 Å². The second kappa shape index (κ2) is 6.44. The Labute approximate surface area is 106 Å². The van der Waals surface area contributed by atoms with Crippen molar-refractivity contribution in [3.05, 3.63) is 22.4 Å². The Morgan fingerprint density at radius 1 is 1.58 bits per heavy atom. The van der Waals surface area contributed by atoms with Gasteiger partial charge in [-0.1, -0.05) is 0 Å². The summed E-state index contributed by atoms with van der Waals surface area (Å²) >= 11 is 0. The van der Waals surface area contributed by atoms with Gasteiger partial charge in [-0.05, 0) is 4.92 Å². The van der Waals surface area contributed by atoms with Crippen molar-refractivity contribution in [2.75, 3.05) is 6.61 Å². The first kappa shape index (κ1) is 14.6. The number of nitrogens with zero attached hydrogens (tertiary/aromatic N) is 3. The van der Waals surface area contributed by atoms with Crippen molar-refractivity contribution >= 4 is 17.7 Å². The maximum atomic E-state index is 11.5. The Morgan fingerprint density at radius 2 is 2.26 bits per heavy atom. The smallest absolute Gasteiger partial charge is 0.389 e. The van der Waals surface area contributed by atoms with E-state index in [1.165, 1.54) is 6.20 Å². The number of carbonyl (C=O) groups is 2. The maximum Gasteiger partial charge on any atom is 0.389 e. The average molecular weight is 272 g/mol. The molecule has 104 valence electrons. The van der Waals surface area contributed by atoms with E-state index in [-0.39, 0.29) is 19.6 Å². The molecule has 0 radical (unpaired) electrons. The van der Waals surface area contributed by atoms with Gasteiger partial charge in [-0.25, -0.2) is 4.79 Å². The van der Waals surface area contributed by atoms with E-state index >= 15 is 0 Å². The molecule has 1 amide bonds. The highest BCUT2D eigenvalue weighted by Crippen LogP contribution is 2.04. The first-order valence-corrected chi connectivity index (χ1v) is 5.25. The average Bonchev–Trinajstić information content (AvgIpc) is 2.76. The van der Waals surface area contributed by atoms with Crippen molar-refractivity contribution in [1.82, 2.24) is 15.1 Å². The van der Waals surface area contributed by atoms with E-state index in [2.05, 4.69) is 10.4 Å². The molecule has 10 nitrogen and oxygen atoms in total. The molecule has 0 bridgehead atoms. The zero-order valence-corrected chi connectivity index (χ0v) is 9.72. The molecule has 0 unspecified atom stereocenters. The van der Waals surface area contributed by atoms with Gasteiger partial charge in [0.2, 0.25) is 5.91 Å². The van der Waals surface area contributed by atoms with E-state index in [4.69, 9.17) is 10.2 Å². The minimum atomic E-state index is -1.27. The second-order valence-electron chi connectivity index (χ2n) is 3.60. The highest BCUT2D eigenvalue weighted by Gasteiger charge is 2.20. The summed E-state index contributed by atoms with van der Waals surface area (Å²) in [4.78, 5) is 31.9. The molecule has 0 fully saturated rings. The molecule has 19 heavy (non-hydrogen) atoms. The van der Waals surface area contributed by atoms with Crippen LogP contribution in [0.5, 0.6) is 0 Å². The van der Waals surface area contributed by atoms with Gasteiger partial charge in [0.1, 0.15) is 12.6 Å². The van der Waals surface area contributed by atoms with Gasteiger partial charge in [0, 0.05) is 13.0 Å². The van der Waals surface area contributed by atoms with Gasteiger partial charge in [0.25, 0.3) is 0 Å². The number of rotatable bonds is 7. The predicted molar refractivity (Wildman–Crippen MR) is 60.2 cm³/mol. The van der Waals surface area contributed by atoms with E-state index in [0.29, 0.717) is 0 Å². The summed E-state index contributed by atoms with van der Waals surface area (Å²) < 4.78 is 1.02. The van der Waals surface area contributed by atoms with Crippen molar-refractivity contribution in [3.8, 4) is 0 Å². The minimum Gasteiger partial charge on any atom is -0.480 e. The fourth-order valence-corrected chi connectivity index (χ4v) is 1.31. The van der Waals surface area contributed by atoms with E-state index < -0.39 is 28.7 Å². The molecule has 0 aliphatic rings. The molecule has 0 spiro atoms. The van der Waals surface area contributed by atoms with Gasteiger partial charge < -0.3 is 25.6 Å². The Morgan fingerprint density at radius 3 is 2.74 bits per heavy atom. The number of amides is 1. The van der Waals surface area contributed by atoms with E-state index in [1.54, 1.807) is 0 Å². The minimum absolute atomic E-state index is 0.125. The molecule has 1 heterocycles. The number of aliphatic carboxylic acids is 1. The third-order valence-electron chi connectivity index (χ3n) is 2.17. The fourth-order valence-electron chi connectivity index (χ4n) is 1.31. The van der Waals surface area contributed by atoms with Crippen LogP contribution in [0.1, 0.15) is 6.42 Å². The summed E-state index contributed by atoms with van der Waals surface area (Å²) in [5.74, 6) is -2.34. The molecular formula is C9H12N4O6. The summed E-state index contributed by atoms with van der Waals surface area (Å²) in [5.41, 5.74) is 0. The zero-order chi connectivity index (χ0) is 14.4. The molecule has 3 N–H and O–H groups in total. The van der Waals surface area contributed by atoms with Crippen LogP contribution in [-0.4, -0.2) is 49.4 Å². The topological polar surface area (TPSA) is 148 Å². The standard InChI is InChI=1S/C9H12N4O6/c14-4-2-6(9(16)17)10-8(15)5-12-3-1-7(11-12)13(18)19/h1,3,6,14H,2,4-5H2,(H,10,15)(H,16,17)/t6-/m1/s1. The van der Waals surface area contributed by atoms with Gasteiger partial charge in [0.15, 0.2) is 0 Å². The summed E-state index contributed by atoms with van der Waals surface area (Å²) in [6.45, 7) is -0.729. The molecule has 0 saturated carbocycles. The number of carboxylic acids is 1. The maximum absolute atomic E-state index is 11.5. The first-order valence-electron chi connectivity index (χ1n) is 5.25. The Bertz CT molecular complexity index is 485. The van der Waals surface area contributed by atoms with Crippen molar-refractivity contribution in [1.29, 1.82) is 0 Å². The van der Waals surface area contributed by atoms with Crippen LogP contribution in [0.3, 0.4) is 0 Å². The summed E-state index contributed by atoms with van der Waals surface area (Å²) in [6, 6.07) is -0.0848. The largest absolute Gasteiger partial charge is 0.480 e. The second-order valence-corrected chi connectivity index (χ2v) is 3.60. The Balaban J connectivity index is 2.58. The van der Waals surface area contributed by atoms with Crippen LogP contribution in [0.15, 0.2) is 12.3 Å². The molecule has 0 aromatic carbocycles. The van der Waals surface area contributed by atoms with Gasteiger partial charge in [-0.2, -0.15) is 4.68 Å². The lowest BCUT2D eigenvalue weighted by molar-refractivity contribution is -0.389. The normalized spacial score (nSPS) is 11.8. The molecule has 0 aliphatic carbocycles. The van der Waals surface area contributed by atoms with Gasteiger partial charge in [-0.15, -0.1) is 0 Å². The van der Waals surface area contributed by atoms with Crippen molar-refractivity contribution in [2.24, 2.45) is 0 Å². The summed E-state index contributed by atoms with van der Waals surface area (Å²) in [5, 5.41) is 33.5. The highest BCUT2D eigenvalue weighted by molar-refractivity contribution is 5.83. The van der Waals surface area contributed by atoms with Crippen molar-refractivity contribution < 1.29 is 24.7 Å². The van der Waals surface area contributed by atoms with Crippen molar-refractivity contribution in [2.45, 2.75) is 19.0 Å². The quantitative estimate of drug-likeness (QED) is 0.414. The molecule has 1 rings (SSSR count). The predicted octanol–water partition coefficient (Wildman–Crippen LogP) is -1.26. The molecule has 0 aliphatic heterocycles. The Hall–Kier alpha value is -2.49. The molecule has 10 heteroatoms. The number of aromatic nitrogens is 2. The monoisotopic (exact) mass is 272 g/mol. The number of carboxylic acid groups (broad SMARTS) is 1. The van der Waals surface area contributed by atoms with Gasteiger partial charge in [-0.3, -0.25) is 4.79 Å². The van der Waals surface area contributed by atoms with Crippen LogP contribution < -0.4 is 5.32 Å². The number of aliphatic hydroxyl groups excluding tert-OH is 1. The highest BCUT2D eigenvalue weighted by atomic mass is 16.6. The van der Waals surface area contributed by atoms with Gasteiger partial charge >= 0.3 is 11.8 Å². The lowest BCUT2D eigenvalue weighted by atomic mass is 10.2. The van der Waals surface area contributed by atoms with Crippen LogP contribution in [0.25, 0.3) is 0 Å². The number of aliphatic hydroxyl groups is 1. The molecule has 1 aromatic rings. The number of nitrogens with one attached hydrogen (secondary N) is 1. The lowest BCUT2D eigenvalue weighted by Gasteiger charge is -2.12. The Kier molecular flexibility index (Phi) is 4.94. The van der Waals surface area contributed by atoms with E-state index in [9.17, 15) is 19.7 Å². The van der Waals surface area contributed by atoms with Crippen LogP contribution in [-0.2, 0) is 16.1 Å². The van der Waals surface area contributed by atoms with Crippen LogP contribution in [0.2, 0.25) is 0 Å². The number of nitro groups is 1. The molecule has 1 atom stereocenters. The molecule has 0 saturated heterocycles. The van der Waals surface area contributed by atoms with E-state index in [1.807, 2.05) is 0 Å². The number of hydrogen-bond acceptors (Lipinski definition) is 6. The van der Waals surface area contributed by atoms with Crippen LogP contribution >= 0.6 is 0 Å². The third kappa shape index (κ3) is 4.35. The van der Waals surface area contributed by atoms with Crippen LogP contribution in [0.4, 0.5) is 5.82 Å². The first-order chi connectivity index (χ1) is 8.93. The van der Waals surface area contributed by atoms with E-state index in [0.717, 1.165) is 10.7 Å². The number of carbonyl (C=O) groups excluding carboxylic acids is 1. The lowest BCUT2D eigenvalue weighted by Crippen LogP contribution is -2.42. The summed E-state index contributed by atoms with van der Waals surface area (Å²) in [6.07, 6.45) is 1.11. The molecular weight excluding hydrogens is 260 g/mol. The SMILES string of the molecule is O=C(Cn1ccc([N+](=O)[O-])n1)N[C@H](CCO)C(=O)O. The van der Waals surface area contributed by atoms with Gasteiger partial charge in [0.05, 0.1) is 17.4 Å². The summed E-state index contributed by atoms with van der Waals surface area (Å²) in [7, 11) is 0. The third-order valence-corrected chi connectivity index (χ3v) is 2.17. The fraction of sp³-hybridized carbons (Fsp3) is 0.444. The zero-order valence-electron chi connectivity index (χ0n) is 9.72. The van der Waals surface area contributed by atoms with Crippen molar-refractivity contribution in [3.63, 3.8) is 0 Å². The molecule has 1 aromatic heterocycles.